The highest BCUT2D eigenvalue weighted by Crippen LogP contribution is 2.36. The monoisotopic (exact) mass is 408 g/mol. The van der Waals surface area contributed by atoms with Crippen LogP contribution in [0.2, 0.25) is 5.02 Å². The van der Waals surface area contributed by atoms with Crippen LogP contribution in [0.5, 0.6) is 5.75 Å². The van der Waals surface area contributed by atoms with E-state index in [2.05, 4.69) is 26.1 Å². The molecular weight excluding hydrogens is 392 g/mol. The second kappa shape index (κ2) is 7.45. The highest BCUT2D eigenvalue weighted by atomic mass is 79.9. The lowest BCUT2D eigenvalue weighted by atomic mass is 10.2. The molecule has 1 fully saturated rings. The molecule has 0 unspecified atom stereocenters. The van der Waals surface area contributed by atoms with Crippen molar-refractivity contribution < 1.29 is 9.53 Å². The lowest BCUT2D eigenvalue weighted by Gasteiger charge is -2.23. The van der Waals surface area contributed by atoms with Gasteiger partial charge in [-0.2, -0.15) is 0 Å². The van der Waals surface area contributed by atoms with Gasteiger partial charge in [0.15, 0.2) is 0 Å². The van der Waals surface area contributed by atoms with Crippen LogP contribution in [-0.4, -0.2) is 26.1 Å². The summed E-state index contributed by atoms with van der Waals surface area (Å²) in [6, 6.07) is 10.8. The van der Waals surface area contributed by atoms with E-state index in [0.29, 0.717) is 16.3 Å². The SMILES string of the molecule is COc1ccc(C(=O)Nc2cccc(Cl)c2N2CCCC2)cc1Br. The van der Waals surface area contributed by atoms with E-state index in [1.165, 1.54) is 0 Å². The Bertz CT molecular complexity index is 761. The Labute approximate surface area is 154 Å². The molecular formula is C18H18BrClN2O2. The van der Waals surface area contributed by atoms with Crippen LogP contribution in [-0.2, 0) is 0 Å². The molecule has 0 aromatic heterocycles. The van der Waals surface area contributed by atoms with Gasteiger partial charge in [-0.25, -0.2) is 0 Å². The number of hydrogen-bond donors (Lipinski definition) is 1. The van der Waals surface area contributed by atoms with Crippen LogP contribution in [0.1, 0.15) is 23.2 Å². The van der Waals surface area contributed by atoms with E-state index >= 15 is 0 Å². The molecule has 0 bridgehead atoms. The second-order valence-electron chi connectivity index (χ2n) is 5.63. The highest BCUT2D eigenvalue weighted by Gasteiger charge is 2.20. The van der Waals surface area contributed by atoms with Crippen molar-refractivity contribution in [1.29, 1.82) is 0 Å². The van der Waals surface area contributed by atoms with Crippen LogP contribution >= 0.6 is 27.5 Å². The second-order valence-corrected chi connectivity index (χ2v) is 6.90. The number of nitrogens with zero attached hydrogens (tertiary/aromatic N) is 1. The molecule has 1 saturated heterocycles. The third-order valence-electron chi connectivity index (χ3n) is 4.07. The average Bonchev–Trinajstić information content (AvgIpc) is 3.09. The molecule has 2 aromatic rings. The highest BCUT2D eigenvalue weighted by molar-refractivity contribution is 9.10. The summed E-state index contributed by atoms with van der Waals surface area (Å²) >= 11 is 9.79. The molecule has 0 aliphatic carbocycles. The fourth-order valence-electron chi connectivity index (χ4n) is 2.88. The molecule has 126 valence electrons. The average molecular weight is 410 g/mol. The summed E-state index contributed by atoms with van der Waals surface area (Å²) in [5.41, 5.74) is 2.19. The van der Waals surface area contributed by atoms with E-state index in [1.54, 1.807) is 25.3 Å². The van der Waals surface area contributed by atoms with E-state index in [4.69, 9.17) is 16.3 Å². The first-order chi connectivity index (χ1) is 11.6. The van der Waals surface area contributed by atoms with Crippen molar-refractivity contribution in [3.63, 3.8) is 0 Å². The Morgan fingerprint density at radius 2 is 2.00 bits per heavy atom. The fraction of sp³-hybridized carbons (Fsp3) is 0.278. The molecule has 1 N–H and O–H groups in total. The lowest BCUT2D eigenvalue weighted by Crippen LogP contribution is -2.21. The number of amides is 1. The maximum atomic E-state index is 12.6. The zero-order chi connectivity index (χ0) is 17.1. The maximum Gasteiger partial charge on any atom is 0.255 e. The van der Waals surface area contributed by atoms with Gasteiger partial charge < -0.3 is 15.0 Å². The van der Waals surface area contributed by atoms with Crippen molar-refractivity contribution in [3.8, 4) is 5.75 Å². The van der Waals surface area contributed by atoms with Crippen molar-refractivity contribution in [2.24, 2.45) is 0 Å². The van der Waals surface area contributed by atoms with Gasteiger partial charge in [-0.1, -0.05) is 17.7 Å². The van der Waals surface area contributed by atoms with Gasteiger partial charge in [0, 0.05) is 18.7 Å². The number of ether oxygens (including phenoxy) is 1. The molecule has 1 aliphatic heterocycles. The number of anilines is 2. The molecule has 6 heteroatoms. The Morgan fingerprint density at radius 3 is 2.67 bits per heavy atom. The van der Waals surface area contributed by atoms with Gasteiger partial charge in [-0.3, -0.25) is 4.79 Å². The summed E-state index contributed by atoms with van der Waals surface area (Å²) in [7, 11) is 1.59. The van der Waals surface area contributed by atoms with Gasteiger partial charge in [0.1, 0.15) is 5.75 Å². The number of rotatable bonds is 4. The van der Waals surface area contributed by atoms with Gasteiger partial charge >= 0.3 is 0 Å². The summed E-state index contributed by atoms with van der Waals surface area (Å²) in [6.07, 6.45) is 2.29. The van der Waals surface area contributed by atoms with E-state index in [1.807, 2.05) is 18.2 Å². The third kappa shape index (κ3) is 3.52. The predicted molar refractivity (Wildman–Crippen MR) is 102 cm³/mol. The first kappa shape index (κ1) is 17.1. The molecule has 0 atom stereocenters. The van der Waals surface area contributed by atoms with Gasteiger partial charge in [0.05, 0.1) is 28.0 Å². The number of nitrogens with one attached hydrogen (secondary N) is 1. The van der Waals surface area contributed by atoms with Crippen LogP contribution in [0, 0.1) is 0 Å². The summed E-state index contributed by atoms with van der Waals surface area (Å²) in [4.78, 5) is 14.8. The van der Waals surface area contributed by atoms with Crippen LogP contribution in [0.3, 0.4) is 0 Å². The third-order valence-corrected chi connectivity index (χ3v) is 5.00. The molecule has 1 aliphatic rings. The van der Waals surface area contributed by atoms with E-state index in [-0.39, 0.29) is 5.91 Å². The summed E-state index contributed by atoms with van der Waals surface area (Å²) in [5.74, 6) is 0.508. The normalized spacial score (nSPS) is 13.9. The molecule has 1 amide bonds. The van der Waals surface area contributed by atoms with E-state index in [9.17, 15) is 4.79 Å². The number of hydrogen-bond acceptors (Lipinski definition) is 3. The first-order valence-electron chi connectivity index (χ1n) is 7.78. The van der Waals surface area contributed by atoms with Crippen molar-refractivity contribution in [2.75, 3.05) is 30.4 Å². The quantitative estimate of drug-likeness (QED) is 0.775. The van der Waals surface area contributed by atoms with Crippen LogP contribution in [0.15, 0.2) is 40.9 Å². The van der Waals surface area contributed by atoms with Gasteiger partial charge in [0.2, 0.25) is 0 Å². The molecule has 0 saturated carbocycles. The summed E-state index contributed by atoms with van der Waals surface area (Å²) in [6.45, 7) is 1.92. The van der Waals surface area contributed by atoms with Gasteiger partial charge in [-0.05, 0) is 59.1 Å². The lowest BCUT2D eigenvalue weighted by molar-refractivity contribution is 0.102. The van der Waals surface area contributed by atoms with Crippen LogP contribution in [0.4, 0.5) is 11.4 Å². The molecule has 0 spiro atoms. The molecule has 2 aromatic carbocycles. The number of para-hydroxylation sites is 1. The number of halogens is 2. The smallest absolute Gasteiger partial charge is 0.255 e. The molecule has 1 heterocycles. The Balaban J connectivity index is 1.87. The van der Waals surface area contributed by atoms with Crippen LogP contribution < -0.4 is 15.0 Å². The van der Waals surface area contributed by atoms with Crippen LogP contribution in [0.25, 0.3) is 0 Å². The Kier molecular flexibility index (Phi) is 5.31. The largest absolute Gasteiger partial charge is 0.496 e. The predicted octanol–water partition coefficient (Wildman–Crippen LogP) is 4.96. The van der Waals surface area contributed by atoms with Crippen molar-refractivity contribution >= 4 is 44.8 Å². The van der Waals surface area contributed by atoms with E-state index in [0.717, 1.165) is 41.8 Å². The number of carbonyl (C=O) groups is 1. The number of carbonyl (C=O) groups excluding carboxylic acids is 1. The molecule has 3 rings (SSSR count). The number of methoxy groups -OCH3 is 1. The summed E-state index contributed by atoms with van der Waals surface area (Å²) < 4.78 is 5.94. The van der Waals surface area contributed by atoms with Crippen molar-refractivity contribution in [3.05, 3.63) is 51.5 Å². The maximum absolute atomic E-state index is 12.6. The number of benzene rings is 2. The zero-order valence-corrected chi connectivity index (χ0v) is 15.7. The standard InChI is InChI=1S/C18H18BrClN2O2/c1-24-16-8-7-12(11-13(16)19)18(23)21-15-6-4-5-14(20)17(15)22-9-2-3-10-22/h4-8,11H,2-3,9-10H2,1H3,(H,21,23). The van der Waals surface area contributed by atoms with Crippen molar-refractivity contribution in [1.82, 2.24) is 0 Å². The minimum atomic E-state index is -0.180. The minimum absolute atomic E-state index is 0.180. The van der Waals surface area contributed by atoms with Gasteiger partial charge in [-0.15, -0.1) is 0 Å². The molecule has 4 nitrogen and oxygen atoms in total. The minimum Gasteiger partial charge on any atom is -0.496 e. The fourth-order valence-corrected chi connectivity index (χ4v) is 3.72. The van der Waals surface area contributed by atoms with Crippen molar-refractivity contribution in [2.45, 2.75) is 12.8 Å². The molecule has 24 heavy (non-hydrogen) atoms. The Morgan fingerprint density at radius 1 is 1.25 bits per heavy atom. The first-order valence-corrected chi connectivity index (χ1v) is 8.95. The Hall–Kier alpha value is -1.72. The molecule has 0 radical (unpaired) electrons. The van der Waals surface area contributed by atoms with Gasteiger partial charge in [0.25, 0.3) is 5.91 Å². The zero-order valence-electron chi connectivity index (χ0n) is 13.3. The topological polar surface area (TPSA) is 41.6 Å². The van der Waals surface area contributed by atoms with E-state index < -0.39 is 0 Å². The summed E-state index contributed by atoms with van der Waals surface area (Å²) in [5, 5.41) is 3.64.